The third kappa shape index (κ3) is 3.21. The van der Waals surface area contributed by atoms with Gasteiger partial charge in [0.2, 0.25) is 0 Å². The highest BCUT2D eigenvalue weighted by Crippen LogP contribution is 2.16. The first-order valence-corrected chi connectivity index (χ1v) is 6.32. The van der Waals surface area contributed by atoms with Crippen LogP contribution in [0.3, 0.4) is 0 Å². The Labute approximate surface area is 113 Å². The van der Waals surface area contributed by atoms with E-state index in [0.717, 1.165) is 12.2 Å². The third-order valence-corrected chi connectivity index (χ3v) is 3.21. The number of hydrogen-bond acceptors (Lipinski definition) is 3. The first kappa shape index (κ1) is 13.3. The topological polar surface area (TPSA) is 53.6 Å². The van der Waals surface area contributed by atoms with Crippen LogP contribution in [0.15, 0.2) is 30.5 Å². The van der Waals surface area contributed by atoms with Gasteiger partial charge in [0, 0.05) is 31.4 Å². The molecular weight excluding hydrogens is 236 g/mol. The number of aryl methyl sites for hydroxylation is 2. The molecular formula is C15H18N4. The molecule has 4 nitrogen and oxygen atoms in total. The molecule has 0 fully saturated rings. The van der Waals surface area contributed by atoms with Gasteiger partial charge in [-0.3, -0.25) is 4.68 Å². The van der Waals surface area contributed by atoms with Crippen molar-refractivity contribution in [2.75, 3.05) is 0 Å². The van der Waals surface area contributed by atoms with Crippen LogP contribution in [-0.2, 0) is 13.6 Å². The molecule has 0 amide bonds. The Morgan fingerprint density at radius 1 is 1.37 bits per heavy atom. The molecule has 1 aromatic heterocycles. The lowest BCUT2D eigenvalue weighted by atomic mass is 10.1. The maximum absolute atomic E-state index is 8.75. The molecule has 0 radical (unpaired) electrons. The molecule has 1 atom stereocenters. The minimum absolute atomic E-state index is 0.254. The first-order valence-electron chi connectivity index (χ1n) is 6.32. The van der Waals surface area contributed by atoms with E-state index in [1.54, 1.807) is 0 Å². The fourth-order valence-corrected chi connectivity index (χ4v) is 2.12. The second kappa shape index (κ2) is 5.68. The van der Waals surface area contributed by atoms with E-state index >= 15 is 0 Å². The highest BCUT2D eigenvalue weighted by Gasteiger charge is 2.10. The van der Waals surface area contributed by atoms with Gasteiger partial charge in [-0.1, -0.05) is 12.1 Å². The molecule has 1 N–H and O–H groups in total. The maximum atomic E-state index is 8.75. The van der Waals surface area contributed by atoms with Crippen molar-refractivity contribution in [3.05, 3.63) is 52.8 Å². The molecule has 2 aromatic rings. The number of hydrogen-bond donors (Lipinski definition) is 1. The quantitative estimate of drug-likeness (QED) is 0.911. The number of nitrogens with one attached hydrogen (secondary N) is 1. The van der Waals surface area contributed by atoms with Crippen molar-refractivity contribution in [3.8, 4) is 6.07 Å². The summed E-state index contributed by atoms with van der Waals surface area (Å²) in [7, 11) is 1.93. The van der Waals surface area contributed by atoms with Crippen molar-refractivity contribution in [2.45, 2.75) is 26.4 Å². The van der Waals surface area contributed by atoms with Gasteiger partial charge >= 0.3 is 0 Å². The average molecular weight is 254 g/mol. The van der Waals surface area contributed by atoms with Crippen molar-refractivity contribution in [3.63, 3.8) is 0 Å². The van der Waals surface area contributed by atoms with Crippen LogP contribution in [-0.4, -0.2) is 9.78 Å². The summed E-state index contributed by atoms with van der Waals surface area (Å²) in [5.74, 6) is 0. The Morgan fingerprint density at radius 2 is 2.05 bits per heavy atom. The summed E-state index contributed by atoms with van der Waals surface area (Å²) in [6.45, 7) is 4.93. The summed E-state index contributed by atoms with van der Waals surface area (Å²) in [6, 6.07) is 10.0. The van der Waals surface area contributed by atoms with E-state index in [1.807, 2.05) is 49.1 Å². The summed E-state index contributed by atoms with van der Waals surface area (Å²) in [6.07, 6.45) is 2.05. The zero-order valence-corrected chi connectivity index (χ0v) is 11.5. The van der Waals surface area contributed by atoms with Gasteiger partial charge in [0.25, 0.3) is 0 Å². The van der Waals surface area contributed by atoms with E-state index in [9.17, 15) is 0 Å². The summed E-state index contributed by atoms with van der Waals surface area (Å²) in [4.78, 5) is 0. The third-order valence-electron chi connectivity index (χ3n) is 3.21. The number of benzene rings is 1. The highest BCUT2D eigenvalue weighted by molar-refractivity contribution is 5.31. The van der Waals surface area contributed by atoms with E-state index in [2.05, 4.69) is 23.4 Å². The Hall–Kier alpha value is -2.12. The van der Waals surface area contributed by atoms with Gasteiger partial charge in [-0.15, -0.1) is 0 Å². The molecule has 2 rings (SSSR count). The standard InChI is InChI=1S/C15H18N4/c1-11(15-10-19(3)18-12(15)2)17-9-14-6-4-13(8-16)5-7-14/h4-7,10-11,17H,9H2,1-3H3. The molecule has 1 heterocycles. The van der Waals surface area contributed by atoms with E-state index in [0.29, 0.717) is 5.56 Å². The molecule has 0 aliphatic carbocycles. The number of aromatic nitrogens is 2. The molecule has 1 aromatic carbocycles. The van der Waals surface area contributed by atoms with Gasteiger partial charge in [0.15, 0.2) is 0 Å². The van der Waals surface area contributed by atoms with Crippen LogP contribution in [0, 0.1) is 18.3 Å². The molecule has 4 heteroatoms. The van der Waals surface area contributed by atoms with Crippen LogP contribution in [0.25, 0.3) is 0 Å². The molecule has 0 aliphatic heterocycles. The van der Waals surface area contributed by atoms with Crippen LogP contribution < -0.4 is 5.32 Å². The predicted molar refractivity (Wildman–Crippen MR) is 74.4 cm³/mol. The Bertz CT molecular complexity index is 590. The van der Waals surface area contributed by atoms with Crippen LogP contribution >= 0.6 is 0 Å². The summed E-state index contributed by atoms with van der Waals surface area (Å²) >= 11 is 0. The lowest BCUT2D eigenvalue weighted by Gasteiger charge is -2.13. The molecule has 0 aliphatic rings. The van der Waals surface area contributed by atoms with E-state index < -0.39 is 0 Å². The van der Waals surface area contributed by atoms with E-state index in [4.69, 9.17) is 5.26 Å². The maximum Gasteiger partial charge on any atom is 0.0991 e. The van der Waals surface area contributed by atoms with Crippen molar-refractivity contribution in [2.24, 2.45) is 7.05 Å². The normalized spacial score (nSPS) is 12.1. The molecule has 1 unspecified atom stereocenters. The Balaban J connectivity index is 1.98. The van der Waals surface area contributed by atoms with Crippen LogP contribution in [0.1, 0.15) is 35.3 Å². The van der Waals surface area contributed by atoms with Gasteiger partial charge in [-0.05, 0) is 31.5 Å². The van der Waals surface area contributed by atoms with Gasteiger partial charge in [0.05, 0.1) is 17.3 Å². The van der Waals surface area contributed by atoms with Crippen LogP contribution in [0.2, 0.25) is 0 Å². The van der Waals surface area contributed by atoms with Crippen LogP contribution in [0.4, 0.5) is 0 Å². The van der Waals surface area contributed by atoms with Gasteiger partial charge in [-0.2, -0.15) is 10.4 Å². The monoisotopic (exact) mass is 254 g/mol. The van der Waals surface area contributed by atoms with E-state index in [1.165, 1.54) is 11.1 Å². The SMILES string of the molecule is Cc1nn(C)cc1C(C)NCc1ccc(C#N)cc1. The van der Waals surface area contributed by atoms with Crippen LogP contribution in [0.5, 0.6) is 0 Å². The van der Waals surface area contributed by atoms with Gasteiger partial charge in [-0.25, -0.2) is 0 Å². The molecule has 0 saturated carbocycles. The minimum atomic E-state index is 0.254. The molecule has 0 spiro atoms. The Morgan fingerprint density at radius 3 is 2.58 bits per heavy atom. The molecule has 19 heavy (non-hydrogen) atoms. The molecule has 0 bridgehead atoms. The number of nitriles is 1. The summed E-state index contributed by atoms with van der Waals surface area (Å²) in [5, 5.41) is 16.6. The average Bonchev–Trinajstić information content (AvgIpc) is 2.75. The fourth-order valence-electron chi connectivity index (χ4n) is 2.12. The van der Waals surface area contributed by atoms with E-state index in [-0.39, 0.29) is 6.04 Å². The number of rotatable bonds is 4. The zero-order valence-electron chi connectivity index (χ0n) is 11.5. The summed E-state index contributed by atoms with van der Waals surface area (Å²) in [5.41, 5.74) is 4.14. The summed E-state index contributed by atoms with van der Waals surface area (Å²) < 4.78 is 1.84. The van der Waals surface area contributed by atoms with Crippen molar-refractivity contribution in [1.82, 2.24) is 15.1 Å². The fraction of sp³-hybridized carbons (Fsp3) is 0.333. The second-order valence-electron chi connectivity index (χ2n) is 4.75. The molecule has 0 saturated heterocycles. The predicted octanol–water partition coefficient (Wildman–Crippen LogP) is 2.45. The second-order valence-corrected chi connectivity index (χ2v) is 4.75. The highest BCUT2D eigenvalue weighted by atomic mass is 15.3. The lowest BCUT2D eigenvalue weighted by Crippen LogP contribution is -2.18. The molecule has 98 valence electrons. The largest absolute Gasteiger partial charge is 0.306 e. The van der Waals surface area contributed by atoms with Crippen molar-refractivity contribution >= 4 is 0 Å². The van der Waals surface area contributed by atoms with Crippen molar-refractivity contribution in [1.29, 1.82) is 5.26 Å². The first-order chi connectivity index (χ1) is 9.10. The smallest absolute Gasteiger partial charge is 0.0991 e. The lowest BCUT2D eigenvalue weighted by molar-refractivity contribution is 0.572. The van der Waals surface area contributed by atoms with Gasteiger partial charge in [0.1, 0.15) is 0 Å². The van der Waals surface area contributed by atoms with Crippen molar-refractivity contribution < 1.29 is 0 Å². The van der Waals surface area contributed by atoms with Gasteiger partial charge < -0.3 is 5.32 Å². The number of nitrogens with zero attached hydrogens (tertiary/aromatic N) is 3. The zero-order chi connectivity index (χ0) is 13.8. The minimum Gasteiger partial charge on any atom is -0.306 e. The Kier molecular flexibility index (Phi) is 3.98.